The van der Waals surface area contributed by atoms with Crippen LogP contribution in [0.2, 0.25) is 0 Å². The predicted octanol–water partition coefficient (Wildman–Crippen LogP) is 6.17. The Balaban J connectivity index is 1.93. The number of rotatable bonds is 9. The summed E-state index contributed by atoms with van der Waals surface area (Å²) in [6.45, 7) is 9.35. The van der Waals surface area contributed by atoms with Crippen molar-refractivity contribution in [3.05, 3.63) is 70.9 Å². The van der Waals surface area contributed by atoms with E-state index in [0.29, 0.717) is 13.2 Å². The number of nitrogens with zero attached hydrogens (tertiary/aromatic N) is 1. The second-order valence-corrected chi connectivity index (χ2v) is 7.13. The molecule has 30 heavy (non-hydrogen) atoms. The zero-order chi connectivity index (χ0) is 21.5. The van der Waals surface area contributed by atoms with Crippen LogP contribution >= 0.6 is 0 Å². The van der Waals surface area contributed by atoms with Crippen molar-refractivity contribution in [2.24, 2.45) is 0 Å². The smallest absolute Gasteiger partial charge is 0.129 e. The van der Waals surface area contributed by atoms with Gasteiger partial charge in [0.05, 0.1) is 25.0 Å². The molecular weight excluding hydrogens is 374 g/mol. The van der Waals surface area contributed by atoms with Crippen molar-refractivity contribution in [2.45, 2.75) is 47.1 Å². The molecule has 0 atom stereocenters. The van der Waals surface area contributed by atoms with Gasteiger partial charge in [0.15, 0.2) is 0 Å². The number of pyridine rings is 1. The van der Waals surface area contributed by atoms with Crippen LogP contribution in [-0.2, 0) is 19.4 Å². The number of aromatic nitrogens is 1. The minimum absolute atomic E-state index is 0.383. The lowest BCUT2D eigenvalue weighted by Gasteiger charge is -2.17. The number of aryl methyl sites for hydroxylation is 3. The van der Waals surface area contributed by atoms with Crippen molar-refractivity contribution in [2.75, 3.05) is 13.7 Å². The molecule has 4 heteroatoms. The van der Waals surface area contributed by atoms with E-state index in [4.69, 9.17) is 19.2 Å². The second kappa shape index (κ2) is 10.1. The summed E-state index contributed by atoms with van der Waals surface area (Å²) < 4.78 is 17.3. The van der Waals surface area contributed by atoms with Crippen LogP contribution in [0.5, 0.6) is 17.2 Å². The van der Waals surface area contributed by atoms with Crippen LogP contribution in [0.4, 0.5) is 0 Å². The van der Waals surface area contributed by atoms with E-state index in [1.165, 1.54) is 16.7 Å². The van der Waals surface area contributed by atoms with Gasteiger partial charge in [0.2, 0.25) is 0 Å². The molecule has 0 aliphatic rings. The molecule has 3 aromatic rings. The largest absolute Gasteiger partial charge is 0.496 e. The van der Waals surface area contributed by atoms with Crippen molar-refractivity contribution in [3.8, 4) is 28.5 Å². The molecule has 0 saturated carbocycles. The van der Waals surface area contributed by atoms with Crippen LogP contribution < -0.4 is 14.2 Å². The quantitative estimate of drug-likeness (QED) is 0.427. The highest BCUT2D eigenvalue weighted by atomic mass is 16.5. The first-order valence-corrected chi connectivity index (χ1v) is 10.6. The summed E-state index contributed by atoms with van der Waals surface area (Å²) in [5.74, 6) is 2.36. The van der Waals surface area contributed by atoms with Gasteiger partial charge in [-0.2, -0.15) is 0 Å². The summed E-state index contributed by atoms with van der Waals surface area (Å²) in [5.41, 5.74) is 6.66. The van der Waals surface area contributed by atoms with Crippen molar-refractivity contribution in [1.82, 2.24) is 4.98 Å². The first-order chi connectivity index (χ1) is 14.6. The molecule has 0 aliphatic heterocycles. The summed E-state index contributed by atoms with van der Waals surface area (Å²) in [6.07, 6.45) is 1.93. The molecular formula is C26H31NO3. The molecule has 4 nitrogen and oxygen atoms in total. The summed E-state index contributed by atoms with van der Waals surface area (Å²) >= 11 is 0. The lowest BCUT2D eigenvalue weighted by Crippen LogP contribution is -2.05. The molecule has 3 rings (SSSR count). The molecule has 0 fully saturated rings. The zero-order valence-corrected chi connectivity index (χ0v) is 18.6. The summed E-state index contributed by atoms with van der Waals surface area (Å²) in [4.78, 5) is 4.94. The Morgan fingerprint density at radius 2 is 1.47 bits per heavy atom. The van der Waals surface area contributed by atoms with Gasteiger partial charge in [0.1, 0.15) is 23.9 Å². The number of benzene rings is 2. The number of hydrogen-bond donors (Lipinski definition) is 0. The Hall–Kier alpha value is -3.01. The van der Waals surface area contributed by atoms with E-state index in [0.717, 1.165) is 47.0 Å². The number of ether oxygens (including phenoxy) is 3. The van der Waals surface area contributed by atoms with E-state index in [9.17, 15) is 0 Å². The van der Waals surface area contributed by atoms with E-state index in [2.05, 4.69) is 32.0 Å². The van der Waals surface area contributed by atoms with Gasteiger partial charge in [0, 0.05) is 23.4 Å². The normalized spacial score (nSPS) is 10.7. The van der Waals surface area contributed by atoms with Gasteiger partial charge in [-0.3, -0.25) is 4.98 Å². The number of hydrogen-bond acceptors (Lipinski definition) is 4. The topological polar surface area (TPSA) is 40.6 Å². The maximum absolute atomic E-state index is 6.04. The first-order valence-electron chi connectivity index (χ1n) is 10.6. The van der Waals surface area contributed by atoms with Crippen molar-refractivity contribution >= 4 is 0 Å². The van der Waals surface area contributed by atoms with E-state index < -0.39 is 0 Å². The standard InChI is InChI=1S/C26H31NO3/c1-6-19-11-9-12-20(7-2)26(19)24-16-25(28-5)23(18(4)27-24)17-30-22-14-10-13-21(15-22)29-8-3/h9-16H,6-8,17H2,1-5H3. The average Bonchev–Trinajstić information content (AvgIpc) is 2.77. The molecule has 0 radical (unpaired) electrons. The summed E-state index contributed by atoms with van der Waals surface area (Å²) in [6, 6.07) is 16.2. The zero-order valence-electron chi connectivity index (χ0n) is 18.6. The maximum Gasteiger partial charge on any atom is 0.129 e. The van der Waals surface area contributed by atoms with Crippen LogP contribution in [0.1, 0.15) is 43.2 Å². The van der Waals surface area contributed by atoms with E-state index in [1.807, 2.05) is 44.2 Å². The van der Waals surface area contributed by atoms with E-state index in [1.54, 1.807) is 7.11 Å². The third kappa shape index (κ3) is 4.76. The lowest BCUT2D eigenvalue weighted by atomic mass is 9.94. The van der Waals surface area contributed by atoms with Crippen LogP contribution in [0, 0.1) is 6.92 Å². The van der Waals surface area contributed by atoms with Gasteiger partial charge in [-0.05, 0) is 49.9 Å². The molecule has 0 spiro atoms. The third-order valence-corrected chi connectivity index (χ3v) is 5.26. The lowest BCUT2D eigenvalue weighted by molar-refractivity contribution is 0.290. The van der Waals surface area contributed by atoms with Crippen LogP contribution in [0.25, 0.3) is 11.3 Å². The average molecular weight is 406 g/mol. The van der Waals surface area contributed by atoms with Crippen molar-refractivity contribution in [1.29, 1.82) is 0 Å². The molecule has 2 aromatic carbocycles. The Kier molecular flexibility index (Phi) is 7.34. The molecule has 0 unspecified atom stereocenters. The molecule has 0 saturated heterocycles. The Bertz CT molecular complexity index is 975. The fourth-order valence-corrected chi connectivity index (χ4v) is 3.70. The molecule has 0 bridgehead atoms. The SMILES string of the molecule is CCOc1cccc(OCc2c(OC)cc(-c3c(CC)cccc3CC)nc2C)c1. The summed E-state index contributed by atoms with van der Waals surface area (Å²) in [7, 11) is 1.70. The second-order valence-electron chi connectivity index (χ2n) is 7.13. The molecule has 0 aliphatic carbocycles. The van der Waals surface area contributed by atoms with Crippen LogP contribution in [-0.4, -0.2) is 18.7 Å². The Morgan fingerprint density at radius 3 is 2.07 bits per heavy atom. The molecule has 1 aromatic heterocycles. The number of methoxy groups -OCH3 is 1. The third-order valence-electron chi connectivity index (χ3n) is 5.26. The minimum Gasteiger partial charge on any atom is -0.496 e. The highest BCUT2D eigenvalue weighted by Crippen LogP contribution is 2.33. The molecule has 0 N–H and O–H groups in total. The Morgan fingerprint density at radius 1 is 0.833 bits per heavy atom. The van der Waals surface area contributed by atoms with Gasteiger partial charge < -0.3 is 14.2 Å². The highest BCUT2D eigenvalue weighted by Gasteiger charge is 2.16. The molecule has 1 heterocycles. The van der Waals surface area contributed by atoms with E-state index >= 15 is 0 Å². The predicted molar refractivity (Wildman–Crippen MR) is 122 cm³/mol. The summed E-state index contributed by atoms with van der Waals surface area (Å²) in [5, 5.41) is 0. The fourth-order valence-electron chi connectivity index (χ4n) is 3.70. The van der Waals surface area contributed by atoms with Gasteiger partial charge in [-0.1, -0.05) is 38.1 Å². The van der Waals surface area contributed by atoms with Crippen LogP contribution in [0.15, 0.2) is 48.5 Å². The monoisotopic (exact) mass is 405 g/mol. The van der Waals surface area contributed by atoms with Gasteiger partial charge >= 0.3 is 0 Å². The van der Waals surface area contributed by atoms with Gasteiger partial charge in [0.25, 0.3) is 0 Å². The van der Waals surface area contributed by atoms with Crippen molar-refractivity contribution in [3.63, 3.8) is 0 Å². The highest BCUT2D eigenvalue weighted by molar-refractivity contribution is 5.70. The van der Waals surface area contributed by atoms with Crippen LogP contribution in [0.3, 0.4) is 0 Å². The maximum atomic E-state index is 6.04. The van der Waals surface area contributed by atoms with E-state index in [-0.39, 0.29) is 0 Å². The molecule has 158 valence electrons. The van der Waals surface area contributed by atoms with Gasteiger partial charge in [-0.25, -0.2) is 0 Å². The van der Waals surface area contributed by atoms with Crippen molar-refractivity contribution < 1.29 is 14.2 Å². The Labute approximate surface area is 179 Å². The van der Waals surface area contributed by atoms with Gasteiger partial charge in [-0.15, -0.1) is 0 Å². The minimum atomic E-state index is 0.383. The first kappa shape index (κ1) is 21.7. The molecule has 0 amide bonds. The fraction of sp³-hybridized carbons (Fsp3) is 0.346.